The highest BCUT2D eigenvalue weighted by molar-refractivity contribution is 7.99. The third-order valence-corrected chi connectivity index (χ3v) is 6.96. The molecule has 33 heavy (non-hydrogen) atoms. The molecule has 6 nitrogen and oxygen atoms in total. The molecule has 2 heterocycles. The summed E-state index contributed by atoms with van der Waals surface area (Å²) in [5.74, 6) is 0.609. The van der Waals surface area contributed by atoms with E-state index in [-0.39, 0.29) is 23.5 Å². The minimum atomic E-state index is -0.292. The molecule has 1 fully saturated rings. The van der Waals surface area contributed by atoms with Gasteiger partial charge in [-0.2, -0.15) is 0 Å². The molecule has 0 radical (unpaired) electrons. The summed E-state index contributed by atoms with van der Waals surface area (Å²) >= 11 is 1.33. The van der Waals surface area contributed by atoms with Crippen LogP contribution in [0.1, 0.15) is 50.5 Å². The van der Waals surface area contributed by atoms with Crippen LogP contribution in [0.25, 0.3) is 5.69 Å². The topological polar surface area (TPSA) is 63.1 Å². The largest absolute Gasteiger partial charge is 0.325 e. The number of aromatic nitrogens is 3. The van der Waals surface area contributed by atoms with Crippen molar-refractivity contribution < 1.29 is 9.18 Å². The van der Waals surface area contributed by atoms with E-state index in [0.29, 0.717) is 5.16 Å². The number of benzene rings is 2. The molecule has 1 N–H and O–H groups in total. The molecule has 1 aromatic heterocycles. The Labute approximate surface area is 198 Å². The third kappa shape index (κ3) is 5.81. The number of nitrogens with one attached hydrogen (secondary N) is 1. The van der Waals surface area contributed by atoms with Crippen molar-refractivity contribution in [2.75, 3.05) is 24.2 Å². The Kier molecular flexibility index (Phi) is 7.77. The molecular weight excluding hydrogens is 437 g/mol. The summed E-state index contributed by atoms with van der Waals surface area (Å²) in [5, 5.41) is 12.5. The Morgan fingerprint density at radius 3 is 2.42 bits per heavy atom. The third-order valence-electron chi connectivity index (χ3n) is 6.03. The van der Waals surface area contributed by atoms with Crippen molar-refractivity contribution in [1.29, 1.82) is 0 Å². The number of thioether (sulfide) groups is 1. The minimum absolute atomic E-state index is 0.0723. The second kappa shape index (κ2) is 10.9. The molecule has 0 saturated carbocycles. The molecule has 1 aliphatic rings. The normalized spacial score (nSPS) is 15.4. The van der Waals surface area contributed by atoms with Gasteiger partial charge in [0.1, 0.15) is 5.82 Å². The van der Waals surface area contributed by atoms with Crippen molar-refractivity contribution in [1.82, 2.24) is 19.7 Å². The summed E-state index contributed by atoms with van der Waals surface area (Å²) < 4.78 is 15.5. The lowest BCUT2D eigenvalue weighted by molar-refractivity contribution is -0.113. The van der Waals surface area contributed by atoms with E-state index in [4.69, 9.17) is 0 Å². The molecule has 1 saturated heterocycles. The number of anilines is 1. The average molecular weight is 468 g/mol. The Morgan fingerprint density at radius 1 is 1.06 bits per heavy atom. The Morgan fingerprint density at radius 2 is 1.76 bits per heavy atom. The van der Waals surface area contributed by atoms with Gasteiger partial charge in [0.25, 0.3) is 0 Å². The van der Waals surface area contributed by atoms with Gasteiger partial charge in [0.2, 0.25) is 5.91 Å². The summed E-state index contributed by atoms with van der Waals surface area (Å²) in [6.45, 7) is 6.29. The van der Waals surface area contributed by atoms with Gasteiger partial charge in [-0.25, -0.2) is 4.39 Å². The van der Waals surface area contributed by atoms with Gasteiger partial charge in [-0.15, -0.1) is 10.2 Å². The van der Waals surface area contributed by atoms with E-state index in [1.807, 2.05) is 28.8 Å². The number of hydrogen-bond donors (Lipinski definition) is 1. The van der Waals surface area contributed by atoms with Gasteiger partial charge < -0.3 is 5.32 Å². The minimum Gasteiger partial charge on any atom is -0.325 e. The first-order chi connectivity index (χ1) is 16.0. The van der Waals surface area contributed by atoms with E-state index in [0.717, 1.165) is 36.7 Å². The van der Waals surface area contributed by atoms with Gasteiger partial charge in [0.05, 0.1) is 11.8 Å². The van der Waals surface area contributed by atoms with Crippen LogP contribution in [0.15, 0.2) is 53.7 Å². The number of halogens is 1. The fourth-order valence-corrected chi connectivity index (χ4v) is 4.86. The number of likely N-dealkylation sites (tertiary alicyclic amines) is 1. The molecule has 0 aliphatic carbocycles. The summed E-state index contributed by atoms with van der Waals surface area (Å²) in [7, 11) is 0. The predicted octanol–water partition coefficient (Wildman–Crippen LogP) is 5.25. The first-order valence-corrected chi connectivity index (χ1v) is 12.5. The standard InChI is InChI=1S/C25H30FN5OS/c1-3-19-7-11-21(12-8-19)27-23(32)17-33-25-29-28-24(18(2)30-15-5-4-6-16-30)31(25)22-13-9-20(26)10-14-22/h7-14,18H,3-6,15-17H2,1-2H3,(H,27,32). The van der Waals surface area contributed by atoms with Crippen LogP contribution < -0.4 is 5.32 Å². The van der Waals surface area contributed by atoms with Gasteiger partial charge in [-0.1, -0.05) is 37.2 Å². The van der Waals surface area contributed by atoms with E-state index in [1.165, 1.54) is 48.7 Å². The van der Waals surface area contributed by atoms with Crippen LogP contribution in [0.4, 0.5) is 10.1 Å². The maximum absolute atomic E-state index is 13.6. The highest BCUT2D eigenvalue weighted by Gasteiger charge is 2.25. The van der Waals surface area contributed by atoms with Crippen molar-refractivity contribution in [3.8, 4) is 5.69 Å². The number of hydrogen-bond acceptors (Lipinski definition) is 5. The SMILES string of the molecule is CCc1ccc(NC(=O)CSc2nnc(C(C)N3CCCCC3)n2-c2ccc(F)cc2)cc1. The Balaban J connectivity index is 1.52. The fraction of sp³-hybridized carbons (Fsp3) is 0.400. The monoisotopic (exact) mass is 467 g/mol. The van der Waals surface area contributed by atoms with Crippen molar-refractivity contribution in [2.45, 2.75) is 50.7 Å². The van der Waals surface area contributed by atoms with Crippen molar-refractivity contribution in [3.05, 3.63) is 65.7 Å². The van der Waals surface area contributed by atoms with Crippen molar-refractivity contribution >= 4 is 23.4 Å². The molecule has 4 rings (SSSR count). The van der Waals surface area contributed by atoms with Gasteiger partial charge in [-0.05, 0) is 81.2 Å². The molecule has 174 valence electrons. The van der Waals surface area contributed by atoms with Gasteiger partial charge in [0.15, 0.2) is 11.0 Å². The smallest absolute Gasteiger partial charge is 0.234 e. The van der Waals surface area contributed by atoms with E-state index in [2.05, 4.69) is 34.3 Å². The summed E-state index contributed by atoms with van der Waals surface area (Å²) in [5.41, 5.74) is 2.79. The van der Waals surface area contributed by atoms with E-state index < -0.39 is 0 Å². The number of carbonyl (C=O) groups is 1. The maximum Gasteiger partial charge on any atom is 0.234 e. The molecular formula is C25H30FN5OS. The molecule has 1 amide bonds. The summed E-state index contributed by atoms with van der Waals surface area (Å²) in [6, 6.07) is 14.3. The number of carbonyl (C=O) groups excluding carboxylic acids is 1. The lowest BCUT2D eigenvalue weighted by Crippen LogP contribution is -2.33. The van der Waals surface area contributed by atoms with Crippen LogP contribution >= 0.6 is 11.8 Å². The molecule has 8 heteroatoms. The quantitative estimate of drug-likeness (QED) is 0.459. The Bertz CT molecular complexity index is 1060. The van der Waals surface area contributed by atoms with Gasteiger partial charge in [-0.3, -0.25) is 14.3 Å². The zero-order valence-electron chi connectivity index (χ0n) is 19.1. The van der Waals surface area contributed by atoms with Crippen molar-refractivity contribution in [3.63, 3.8) is 0 Å². The summed E-state index contributed by atoms with van der Waals surface area (Å²) in [6.07, 6.45) is 4.57. The molecule has 3 aromatic rings. The average Bonchev–Trinajstić information content (AvgIpc) is 3.27. The molecule has 1 atom stereocenters. The second-order valence-electron chi connectivity index (χ2n) is 8.31. The fourth-order valence-electron chi connectivity index (χ4n) is 4.10. The zero-order chi connectivity index (χ0) is 23.2. The number of piperidine rings is 1. The van der Waals surface area contributed by atoms with Gasteiger partial charge >= 0.3 is 0 Å². The van der Waals surface area contributed by atoms with Crippen LogP contribution in [-0.2, 0) is 11.2 Å². The van der Waals surface area contributed by atoms with Crippen LogP contribution in [0, 0.1) is 5.82 Å². The Hall–Kier alpha value is -2.71. The molecule has 0 bridgehead atoms. The number of rotatable bonds is 8. The van der Waals surface area contributed by atoms with E-state index >= 15 is 0 Å². The maximum atomic E-state index is 13.6. The molecule has 0 spiro atoms. The van der Waals surface area contributed by atoms with Gasteiger partial charge in [0, 0.05) is 11.4 Å². The molecule has 1 unspecified atom stereocenters. The zero-order valence-corrected chi connectivity index (χ0v) is 19.9. The molecule has 1 aliphatic heterocycles. The lowest BCUT2D eigenvalue weighted by atomic mass is 10.1. The number of amides is 1. The lowest BCUT2D eigenvalue weighted by Gasteiger charge is -2.31. The first kappa shape index (κ1) is 23.4. The summed E-state index contributed by atoms with van der Waals surface area (Å²) in [4.78, 5) is 15.0. The predicted molar refractivity (Wildman–Crippen MR) is 130 cm³/mol. The van der Waals surface area contributed by atoms with E-state index in [9.17, 15) is 9.18 Å². The van der Waals surface area contributed by atoms with Crippen LogP contribution in [0.3, 0.4) is 0 Å². The highest BCUT2D eigenvalue weighted by atomic mass is 32.2. The highest BCUT2D eigenvalue weighted by Crippen LogP contribution is 2.29. The van der Waals surface area contributed by atoms with Crippen LogP contribution in [-0.4, -0.2) is 44.4 Å². The molecule has 2 aromatic carbocycles. The number of aryl methyl sites for hydroxylation is 1. The first-order valence-electron chi connectivity index (χ1n) is 11.5. The van der Waals surface area contributed by atoms with E-state index in [1.54, 1.807) is 12.1 Å². The van der Waals surface area contributed by atoms with Crippen LogP contribution in [0.5, 0.6) is 0 Å². The van der Waals surface area contributed by atoms with Crippen LogP contribution in [0.2, 0.25) is 0 Å². The second-order valence-corrected chi connectivity index (χ2v) is 9.26. The number of nitrogens with zero attached hydrogens (tertiary/aromatic N) is 4. The van der Waals surface area contributed by atoms with Crippen molar-refractivity contribution in [2.24, 2.45) is 0 Å².